The Morgan fingerprint density at radius 3 is 2.55 bits per heavy atom. The van der Waals surface area contributed by atoms with Crippen molar-refractivity contribution in [1.29, 1.82) is 0 Å². The van der Waals surface area contributed by atoms with E-state index in [-0.39, 0.29) is 11.5 Å². The summed E-state index contributed by atoms with van der Waals surface area (Å²) in [6.45, 7) is 6.91. The summed E-state index contributed by atoms with van der Waals surface area (Å²) in [5.41, 5.74) is 0.145. The van der Waals surface area contributed by atoms with Gasteiger partial charge in [-0.2, -0.15) is 5.10 Å². The molecular weight excluding hydrogens is 254 g/mol. The van der Waals surface area contributed by atoms with Crippen molar-refractivity contribution in [2.45, 2.75) is 27.3 Å². The van der Waals surface area contributed by atoms with Crippen molar-refractivity contribution in [1.82, 2.24) is 15.1 Å². The van der Waals surface area contributed by atoms with Crippen LogP contribution in [0.3, 0.4) is 0 Å². The summed E-state index contributed by atoms with van der Waals surface area (Å²) in [6, 6.07) is 7.08. The number of carbonyl (C=O) groups excluding carboxylic acids is 1. The van der Waals surface area contributed by atoms with Gasteiger partial charge < -0.3 is 5.32 Å². The molecule has 0 atom stereocenters. The summed E-state index contributed by atoms with van der Waals surface area (Å²) in [5.74, 6) is 0.124. The van der Waals surface area contributed by atoms with Crippen LogP contribution in [0, 0.1) is 5.92 Å². The van der Waals surface area contributed by atoms with Crippen molar-refractivity contribution < 1.29 is 4.79 Å². The summed E-state index contributed by atoms with van der Waals surface area (Å²) in [7, 11) is 0. The molecule has 1 aromatic heterocycles. The predicted molar refractivity (Wildman–Crippen MR) is 78.8 cm³/mol. The maximum atomic E-state index is 12.3. The van der Waals surface area contributed by atoms with Crippen LogP contribution < -0.4 is 10.9 Å². The maximum absolute atomic E-state index is 12.3. The van der Waals surface area contributed by atoms with Gasteiger partial charge in [0.2, 0.25) is 0 Å². The summed E-state index contributed by atoms with van der Waals surface area (Å²) in [6.07, 6.45) is 0. The first-order valence-corrected chi connectivity index (χ1v) is 6.82. The average molecular weight is 273 g/mol. The van der Waals surface area contributed by atoms with Crippen LogP contribution in [0.25, 0.3) is 10.8 Å². The molecule has 2 rings (SSSR count). The number of amides is 1. The lowest BCUT2D eigenvalue weighted by atomic mass is 10.1. The van der Waals surface area contributed by atoms with Crippen molar-refractivity contribution in [3.05, 3.63) is 40.3 Å². The summed E-state index contributed by atoms with van der Waals surface area (Å²) in [4.78, 5) is 24.4. The quantitative estimate of drug-likeness (QED) is 0.924. The molecule has 0 radical (unpaired) electrons. The summed E-state index contributed by atoms with van der Waals surface area (Å²) >= 11 is 0. The number of nitrogens with one attached hydrogen (secondary N) is 1. The molecule has 1 aromatic carbocycles. The Morgan fingerprint density at radius 2 is 1.95 bits per heavy atom. The molecule has 1 N–H and O–H groups in total. The molecule has 106 valence electrons. The fraction of sp³-hybridized carbons (Fsp3) is 0.400. The normalized spacial score (nSPS) is 11.0. The molecule has 2 aromatic rings. The van der Waals surface area contributed by atoms with E-state index in [2.05, 4.69) is 10.4 Å². The number of benzene rings is 1. The molecule has 20 heavy (non-hydrogen) atoms. The second kappa shape index (κ2) is 5.86. The summed E-state index contributed by atoms with van der Waals surface area (Å²) in [5, 5.41) is 8.16. The lowest BCUT2D eigenvalue weighted by Crippen LogP contribution is -2.32. The fourth-order valence-electron chi connectivity index (χ4n) is 2.00. The van der Waals surface area contributed by atoms with E-state index in [4.69, 9.17) is 0 Å². The zero-order valence-corrected chi connectivity index (χ0v) is 12.0. The number of rotatable bonds is 4. The third-order valence-corrected chi connectivity index (χ3v) is 3.05. The molecule has 5 heteroatoms. The van der Waals surface area contributed by atoms with E-state index in [1.165, 1.54) is 4.68 Å². The van der Waals surface area contributed by atoms with Crippen LogP contribution in [0.4, 0.5) is 0 Å². The third-order valence-electron chi connectivity index (χ3n) is 3.05. The molecule has 5 nitrogen and oxygen atoms in total. The minimum Gasteiger partial charge on any atom is -0.350 e. The van der Waals surface area contributed by atoms with E-state index in [0.29, 0.717) is 35.5 Å². The Bertz CT molecular complexity index is 689. The first-order chi connectivity index (χ1) is 9.54. The van der Waals surface area contributed by atoms with E-state index in [1.807, 2.05) is 20.8 Å². The van der Waals surface area contributed by atoms with Gasteiger partial charge in [-0.3, -0.25) is 9.59 Å². The first-order valence-electron chi connectivity index (χ1n) is 6.82. The zero-order valence-electron chi connectivity index (χ0n) is 12.0. The number of hydrogen-bond acceptors (Lipinski definition) is 3. The molecular formula is C15H19N3O2. The van der Waals surface area contributed by atoms with Gasteiger partial charge in [0.15, 0.2) is 5.69 Å². The van der Waals surface area contributed by atoms with Crippen molar-refractivity contribution in [3.8, 4) is 0 Å². The topological polar surface area (TPSA) is 64.0 Å². The molecule has 0 aliphatic carbocycles. The molecule has 1 amide bonds. The predicted octanol–water partition coefficient (Wildman–Crippen LogP) is 1.80. The SMILES string of the molecule is CCn1nc(C(=O)NCC(C)C)c2ccccc2c1=O. The molecule has 0 aliphatic rings. The van der Waals surface area contributed by atoms with Crippen LogP contribution in [0.2, 0.25) is 0 Å². The van der Waals surface area contributed by atoms with Gasteiger partial charge >= 0.3 is 0 Å². The Hall–Kier alpha value is -2.17. The standard InChI is InChI=1S/C15H19N3O2/c1-4-18-15(20)12-8-6-5-7-11(12)13(17-18)14(19)16-9-10(2)3/h5-8,10H,4,9H2,1-3H3,(H,16,19). The Labute approximate surface area is 117 Å². The Balaban J connectivity index is 2.55. The average Bonchev–Trinajstić information content (AvgIpc) is 2.45. The second-order valence-corrected chi connectivity index (χ2v) is 5.12. The number of nitrogens with zero attached hydrogens (tertiary/aromatic N) is 2. The van der Waals surface area contributed by atoms with E-state index in [0.717, 1.165) is 0 Å². The number of aryl methyl sites for hydroxylation is 1. The van der Waals surface area contributed by atoms with Gasteiger partial charge in [0.05, 0.1) is 5.39 Å². The van der Waals surface area contributed by atoms with Gasteiger partial charge in [0.1, 0.15) is 0 Å². The van der Waals surface area contributed by atoms with Crippen molar-refractivity contribution in [3.63, 3.8) is 0 Å². The van der Waals surface area contributed by atoms with Gasteiger partial charge in [-0.1, -0.05) is 32.0 Å². The number of aromatic nitrogens is 2. The molecule has 0 saturated carbocycles. The van der Waals surface area contributed by atoms with Gasteiger partial charge in [-0.25, -0.2) is 4.68 Å². The molecule has 0 unspecified atom stereocenters. The van der Waals surface area contributed by atoms with E-state index < -0.39 is 0 Å². The van der Waals surface area contributed by atoms with Crippen molar-refractivity contribution in [2.24, 2.45) is 5.92 Å². The van der Waals surface area contributed by atoms with Crippen LogP contribution in [0.5, 0.6) is 0 Å². The minimum atomic E-state index is -0.239. The molecule has 0 saturated heterocycles. The second-order valence-electron chi connectivity index (χ2n) is 5.12. The van der Waals surface area contributed by atoms with Crippen molar-refractivity contribution in [2.75, 3.05) is 6.54 Å². The zero-order chi connectivity index (χ0) is 14.7. The third kappa shape index (κ3) is 2.71. The van der Waals surface area contributed by atoms with E-state index in [1.54, 1.807) is 24.3 Å². The van der Waals surface area contributed by atoms with Crippen LogP contribution in [0.15, 0.2) is 29.1 Å². The monoisotopic (exact) mass is 273 g/mol. The highest BCUT2D eigenvalue weighted by Crippen LogP contribution is 2.13. The highest BCUT2D eigenvalue weighted by Gasteiger charge is 2.15. The highest BCUT2D eigenvalue weighted by atomic mass is 16.2. The fourth-order valence-corrected chi connectivity index (χ4v) is 2.00. The minimum absolute atomic E-state index is 0.163. The highest BCUT2D eigenvalue weighted by molar-refractivity contribution is 6.04. The molecule has 1 heterocycles. The number of fused-ring (bicyclic) bond motifs is 1. The van der Waals surface area contributed by atoms with Gasteiger partial charge in [0.25, 0.3) is 11.5 Å². The number of carbonyl (C=O) groups is 1. The van der Waals surface area contributed by atoms with Gasteiger partial charge in [0, 0.05) is 18.5 Å². The maximum Gasteiger partial charge on any atom is 0.274 e. The molecule has 0 bridgehead atoms. The van der Waals surface area contributed by atoms with E-state index >= 15 is 0 Å². The number of hydrogen-bond donors (Lipinski definition) is 1. The molecule has 0 aliphatic heterocycles. The van der Waals surface area contributed by atoms with Crippen LogP contribution in [-0.2, 0) is 6.54 Å². The first kappa shape index (κ1) is 14.2. The lowest BCUT2D eigenvalue weighted by molar-refractivity contribution is 0.0943. The van der Waals surface area contributed by atoms with E-state index in [9.17, 15) is 9.59 Å². The Morgan fingerprint density at radius 1 is 1.30 bits per heavy atom. The smallest absolute Gasteiger partial charge is 0.274 e. The van der Waals surface area contributed by atoms with Crippen LogP contribution in [0.1, 0.15) is 31.3 Å². The Kier molecular flexibility index (Phi) is 4.17. The van der Waals surface area contributed by atoms with Crippen molar-refractivity contribution >= 4 is 16.7 Å². The van der Waals surface area contributed by atoms with Crippen LogP contribution in [-0.4, -0.2) is 22.2 Å². The van der Waals surface area contributed by atoms with Gasteiger partial charge in [-0.15, -0.1) is 0 Å². The van der Waals surface area contributed by atoms with Gasteiger partial charge in [-0.05, 0) is 18.9 Å². The molecule has 0 spiro atoms. The summed E-state index contributed by atoms with van der Waals surface area (Å²) < 4.78 is 1.33. The molecule has 0 fully saturated rings. The van der Waals surface area contributed by atoms with Crippen LogP contribution >= 0.6 is 0 Å². The largest absolute Gasteiger partial charge is 0.350 e. The lowest BCUT2D eigenvalue weighted by Gasteiger charge is -2.11.